The maximum Gasteiger partial charge on any atom is 0.308 e. The molecule has 1 aromatic carbocycles. The van der Waals surface area contributed by atoms with E-state index in [4.69, 9.17) is 9.47 Å². The Balaban J connectivity index is 2.18. The molecule has 2 heterocycles. The second-order valence-electron chi connectivity index (χ2n) is 4.92. The van der Waals surface area contributed by atoms with E-state index >= 15 is 0 Å². The number of para-hydroxylation sites is 1. The van der Waals surface area contributed by atoms with Crippen molar-refractivity contribution in [3.8, 4) is 5.75 Å². The van der Waals surface area contributed by atoms with Crippen LogP contribution in [0.3, 0.4) is 0 Å². The molecule has 2 N–H and O–H groups in total. The van der Waals surface area contributed by atoms with Crippen LogP contribution in [0.4, 0.5) is 0 Å². The Morgan fingerprint density at radius 3 is 2.70 bits per heavy atom. The van der Waals surface area contributed by atoms with E-state index in [-0.39, 0.29) is 17.2 Å². The Morgan fingerprint density at radius 1 is 1.30 bits per heavy atom. The van der Waals surface area contributed by atoms with Crippen LogP contribution in [-0.2, 0) is 9.53 Å². The molecule has 1 aliphatic rings. The van der Waals surface area contributed by atoms with Crippen LogP contribution in [0.1, 0.15) is 24.2 Å². The summed E-state index contributed by atoms with van der Waals surface area (Å²) in [5.74, 6) is -1.12. The van der Waals surface area contributed by atoms with Crippen LogP contribution >= 0.6 is 0 Å². The summed E-state index contributed by atoms with van der Waals surface area (Å²) in [7, 11) is 0. The van der Waals surface area contributed by atoms with Crippen LogP contribution in [-0.4, -0.2) is 28.9 Å². The van der Waals surface area contributed by atoms with Gasteiger partial charge in [-0.25, -0.2) is 0 Å². The number of esters is 1. The summed E-state index contributed by atoms with van der Waals surface area (Å²) in [5, 5.41) is 4.20. The molecule has 1 aliphatic heterocycles. The number of hydrogen-bond acceptors (Lipinski definition) is 7. The number of fused-ring (bicyclic) bond motifs is 1. The zero-order valence-corrected chi connectivity index (χ0v) is 12.4. The standard InChI is InChI=1S/C15H13N3O5/c1-7-17-18-15(22-7)12(20)11-13(23-8(2)19)9-5-3-4-6-10(9)16-14(11)21/h3-6,15,18H,1-2H3,(H,16,21). The van der Waals surface area contributed by atoms with Gasteiger partial charge < -0.3 is 14.5 Å². The Labute approximate surface area is 130 Å². The number of nitrogens with one attached hydrogen (secondary N) is 2. The van der Waals surface area contributed by atoms with E-state index in [1.54, 1.807) is 31.2 Å². The van der Waals surface area contributed by atoms with E-state index in [1.807, 2.05) is 0 Å². The normalized spacial score (nSPS) is 16.4. The number of pyridine rings is 1. The summed E-state index contributed by atoms with van der Waals surface area (Å²) in [6.45, 7) is 2.76. The molecule has 8 heteroatoms. The fourth-order valence-electron chi connectivity index (χ4n) is 2.30. The van der Waals surface area contributed by atoms with Crippen LogP contribution in [0.5, 0.6) is 5.75 Å². The molecule has 118 valence electrons. The van der Waals surface area contributed by atoms with Crippen molar-refractivity contribution in [2.45, 2.75) is 20.1 Å². The SMILES string of the molecule is CC(=O)Oc1c(C(=O)C2NN=C(C)O2)c(=O)[nH]c2ccccc12. The Hall–Kier alpha value is -3.16. The molecular formula is C15H13N3O5. The van der Waals surface area contributed by atoms with Gasteiger partial charge in [0.1, 0.15) is 5.56 Å². The van der Waals surface area contributed by atoms with Gasteiger partial charge in [0.25, 0.3) is 5.56 Å². The molecule has 0 saturated heterocycles. The highest BCUT2D eigenvalue weighted by molar-refractivity contribution is 6.07. The molecule has 0 amide bonds. The van der Waals surface area contributed by atoms with Crippen molar-refractivity contribution in [2.75, 3.05) is 0 Å². The summed E-state index contributed by atoms with van der Waals surface area (Å²) < 4.78 is 10.3. The Kier molecular flexibility index (Phi) is 3.57. The maximum atomic E-state index is 12.6. The summed E-state index contributed by atoms with van der Waals surface area (Å²) in [6, 6.07) is 6.72. The number of ether oxygens (including phenoxy) is 2. The van der Waals surface area contributed by atoms with Gasteiger partial charge >= 0.3 is 5.97 Å². The first-order chi connectivity index (χ1) is 11.0. The molecule has 1 aromatic heterocycles. The van der Waals surface area contributed by atoms with Gasteiger partial charge in [0.05, 0.1) is 5.52 Å². The minimum atomic E-state index is -1.13. The first kappa shape index (κ1) is 14.8. The topological polar surface area (TPSA) is 110 Å². The van der Waals surface area contributed by atoms with E-state index in [1.165, 1.54) is 6.92 Å². The number of H-pyrrole nitrogens is 1. The molecule has 0 bridgehead atoms. The van der Waals surface area contributed by atoms with Crippen molar-refractivity contribution in [3.05, 3.63) is 40.2 Å². The second kappa shape index (κ2) is 5.56. The molecule has 0 fully saturated rings. The summed E-state index contributed by atoms with van der Waals surface area (Å²) in [5.41, 5.74) is 1.98. The third kappa shape index (κ3) is 2.66. The lowest BCUT2D eigenvalue weighted by atomic mass is 10.1. The second-order valence-corrected chi connectivity index (χ2v) is 4.92. The zero-order valence-electron chi connectivity index (χ0n) is 12.4. The molecule has 1 atom stereocenters. The predicted molar refractivity (Wildman–Crippen MR) is 81.3 cm³/mol. The molecule has 23 heavy (non-hydrogen) atoms. The van der Waals surface area contributed by atoms with Gasteiger partial charge in [0.15, 0.2) is 5.75 Å². The first-order valence-electron chi connectivity index (χ1n) is 6.81. The van der Waals surface area contributed by atoms with Gasteiger partial charge in [-0.2, -0.15) is 0 Å². The minimum Gasteiger partial charge on any atom is -0.447 e. The van der Waals surface area contributed by atoms with E-state index < -0.39 is 23.5 Å². The Bertz CT molecular complexity index is 900. The minimum absolute atomic E-state index is 0.0863. The van der Waals surface area contributed by atoms with Crippen molar-refractivity contribution < 1.29 is 19.1 Å². The van der Waals surface area contributed by atoms with Gasteiger partial charge in [0.2, 0.25) is 17.9 Å². The number of carbonyl (C=O) groups excluding carboxylic acids is 2. The summed E-state index contributed by atoms with van der Waals surface area (Å²) in [4.78, 5) is 38.9. The third-order valence-electron chi connectivity index (χ3n) is 3.23. The number of rotatable bonds is 3. The van der Waals surface area contributed by atoms with Crippen LogP contribution in [0.25, 0.3) is 10.9 Å². The average Bonchev–Trinajstić information content (AvgIpc) is 2.93. The van der Waals surface area contributed by atoms with Crippen molar-refractivity contribution in [3.63, 3.8) is 0 Å². The van der Waals surface area contributed by atoms with E-state index in [0.29, 0.717) is 10.9 Å². The first-order valence-corrected chi connectivity index (χ1v) is 6.81. The molecule has 2 aromatic rings. The van der Waals surface area contributed by atoms with Crippen LogP contribution in [0.15, 0.2) is 34.2 Å². The van der Waals surface area contributed by atoms with Crippen molar-refractivity contribution >= 4 is 28.6 Å². The van der Waals surface area contributed by atoms with Gasteiger partial charge in [-0.15, -0.1) is 5.10 Å². The van der Waals surface area contributed by atoms with Gasteiger partial charge in [-0.3, -0.25) is 19.8 Å². The number of ketones is 1. The van der Waals surface area contributed by atoms with Crippen molar-refractivity contribution in [2.24, 2.45) is 5.10 Å². The largest absolute Gasteiger partial charge is 0.447 e. The highest BCUT2D eigenvalue weighted by atomic mass is 16.5. The molecule has 1 unspecified atom stereocenters. The number of hydrazone groups is 1. The summed E-state index contributed by atoms with van der Waals surface area (Å²) in [6.07, 6.45) is -1.13. The fourth-order valence-corrected chi connectivity index (χ4v) is 2.30. The van der Waals surface area contributed by atoms with Crippen molar-refractivity contribution in [1.82, 2.24) is 10.4 Å². The molecule has 0 aliphatic carbocycles. The van der Waals surface area contributed by atoms with E-state index in [0.717, 1.165) is 0 Å². The van der Waals surface area contributed by atoms with Crippen LogP contribution in [0.2, 0.25) is 0 Å². The van der Waals surface area contributed by atoms with E-state index in [2.05, 4.69) is 15.5 Å². The molecule has 3 rings (SSSR count). The molecule has 0 spiro atoms. The number of Topliss-reactive ketones (excluding diaryl/α,β-unsaturated/α-hetero) is 1. The van der Waals surface area contributed by atoms with Gasteiger partial charge in [0, 0.05) is 19.2 Å². The zero-order chi connectivity index (χ0) is 16.6. The quantitative estimate of drug-likeness (QED) is 0.643. The van der Waals surface area contributed by atoms with Gasteiger partial charge in [-0.05, 0) is 12.1 Å². The highest BCUT2D eigenvalue weighted by Gasteiger charge is 2.32. The number of aromatic amines is 1. The molecule has 0 saturated carbocycles. The Morgan fingerprint density at radius 2 is 2.04 bits per heavy atom. The lowest BCUT2D eigenvalue weighted by Crippen LogP contribution is -2.36. The monoisotopic (exact) mass is 315 g/mol. The van der Waals surface area contributed by atoms with Crippen LogP contribution < -0.4 is 15.7 Å². The number of aromatic nitrogens is 1. The molecular weight excluding hydrogens is 302 g/mol. The lowest BCUT2D eigenvalue weighted by Gasteiger charge is -2.13. The van der Waals surface area contributed by atoms with Crippen molar-refractivity contribution in [1.29, 1.82) is 0 Å². The molecule has 8 nitrogen and oxygen atoms in total. The summed E-state index contributed by atoms with van der Waals surface area (Å²) >= 11 is 0. The number of hydrogen-bond donors (Lipinski definition) is 2. The fraction of sp³-hybridized carbons (Fsp3) is 0.200. The van der Waals surface area contributed by atoms with Gasteiger partial charge in [-0.1, -0.05) is 12.1 Å². The lowest BCUT2D eigenvalue weighted by molar-refractivity contribution is -0.131. The third-order valence-corrected chi connectivity index (χ3v) is 3.23. The number of benzene rings is 1. The smallest absolute Gasteiger partial charge is 0.308 e. The number of carbonyl (C=O) groups is 2. The van der Waals surface area contributed by atoms with Crippen LogP contribution in [0, 0.1) is 0 Å². The molecule has 0 radical (unpaired) electrons. The van der Waals surface area contributed by atoms with E-state index in [9.17, 15) is 14.4 Å². The predicted octanol–water partition coefficient (Wildman–Crippen LogP) is 0.915. The highest BCUT2D eigenvalue weighted by Crippen LogP contribution is 2.27. The maximum absolute atomic E-state index is 12.6. The number of nitrogens with zero attached hydrogens (tertiary/aromatic N) is 1. The average molecular weight is 315 g/mol.